The zero-order valence-corrected chi connectivity index (χ0v) is 20.5. The van der Waals surface area contributed by atoms with Gasteiger partial charge in [0.2, 0.25) is 5.88 Å². The van der Waals surface area contributed by atoms with Gasteiger partial charge in [-0.2, -0.15) is 0 Å². The minimum Gasteiger partial charge on any atom is -0.474 e. The molecule has 35 heavy (non-hydrogen) atoms. The van der Waals surface area contributed by atoms with Gasteiger partial charge in [0.1, 0.15) is 23.7 Å². The van der Waals surface area contributed by atoms with Crippen molar-refractivity contribution in [3.05, 3.63) is 60.4 Å². The fourth-order valence-electron chi connectivity index (χ4n) is 3.52. The zero-order valence-electron chi connectivity index (χ0n) is 20.5. The van der Waals surface area contributed by atoms with Gasteiger partial charge in [0.15, 0.2) is 0 Å². The van der Waals surface area contributed by atoms with Crippen molar-refractivity contribution in [3.8, 4) is 17.0 Å². The van der Waals surface area contributed by atoms with Crippen LogP contribution in [-0.4, -0.2) is 59.7 Å². The number of benzene rings is 1. The first kappa shape index (κ1) is 24.0. The van der Waals surface area contributed by atoms with Crippen LogP contribution in [0.15, 0.2) is 54.9 Å². The summed E-state index contributed by atoms with van der Waals surface area (Å²) in [5, 5.41) is 3.22. The summed E-state index contributed by atoms with van der Waals surface area (Å²) in [4.78, 5) is 36.7. The van der Waals surface area contributed by atoms with E-state index in [9.17, 15) is 9.59 Å². The maximum Gasteiger partial charge on any atom is 0.415 e. The number of nitrogens with one attached hydrogen (secondary N) is 1. The molecule has 1 aliphatic rings. The molecule has 0 bridgehead atoms. The number of hydrogen-bond acceptors (Lipinski definition) is 7. The first-order valence-electron chi connectivity index (χ1n) is 11.3. The third-order valence-electron chi connectivity index (χ3n) is 5.20. The highest BCUT2D eigenvalue weighted by Crippen LogP contribution is 2.33. The van der Waals surface area contributed by atoms with Crippen molar-refractivity contribution < 1.29 is 19.1 Å². The molecule has 0 unspecified atom stereocenters. The Morgan fingerprint density at radius 1 is 1.03 bits per heavy atom. The second-order valence-electron chi connectivity index (χ2n) is 9.36. The number of anilines is 3. The molecule has 2 amide bonds. The maximum atomic E-state index is 12.7. The molecule has 0 atom stereocenters. The molecule has 0 radical (unpaired) electrons. The molecule has 3 aromatic rings. The second-order valence-corrected chi connectivity index (χ2v) is 9.36. The van der Waals surface area contributed by atoms with Crippen molar-refractivity contribution in [1.29, 1.82) is 0 Å². The van der Waals surface area contributed by atoms with E-state index < -0.39 is 11.7 Å². The van der Waals surface area contributed by atoms with Crippen LogP contribution in [0.4, 0.5) is 22.0 Å². The van der Waals surface area contributed by atoms with E-state index in [-0.39, 0.29) is 5.91 Å². The number of carbonyl (C=O) groups is 2. The molecule has 9 nitrogen and oxygen atoms in total. The molecule has 4 rings (SSSR count). The summed E-state index contributed by atoms with van der Waals surface area (Å²) in [6.07, 6.45) is 2.95. The highest BCUT2D eigenvalue weighted by atomic mass is 16.6. The number of ether oxygens (including phenoxy) is 2. The van der Waals surface area contributed by atoms with Crippen molar-refractivity contribution >= 4 is 29.2 Å². The van der Waals surface area contributed by atoms with Crippen molar-refractivity contribution in [2.75, 3.05) is 37.5 Å². The Labute approximate surface area is 204 Å². The highest BCUT2D eigenvalue weighted by molar-refractivity contribution is 5.94. The SMILES string of the molecule is CN(C)C(=O)c1ccc(-c2ccc(Nc3cnc4c(c3)N(C(=O)OC(C)(C)C)CCO4)nc2)cc1. The van der Waals surface area contributed by atoms with Crippen LogP contribution in [-0.2, 0) is 4.74 Å². The summed E-state index contributed by atoms with van der Waals surface area (Å²) >= 11 is 0. The molecule has 2 aromatic heterocycles. The number of nitrogens with zero attached hydrogens (tertiary/aromatic N) is 4. The summed E-state index contributed by atoms with van der Waals surface area (Å²) in [7, 11) is 3.46. The molecule has 1 N–H and O–H groups in total. The van der Waals surface area contributed by atoms with Crippen LogP contribution in [0.5, 0.6) is 5.88 Å². The Balaban J connectivity index is 1.49. The molecular weight excluding hydrogens is 446 g/mol. The molecule has 0 aliphatic carbocycles. The van der Waals surface area contributed by atoms with Gasteiger partial charge in [0.25, 0.3) is 5.91 Å². The molecule has 3 heterocycles. The number of hydrogen-bond donors (Lipinski definition) is 1. The summed E-state index contributed by atoms with van der Waals surface area (Å²) in [6, 6.07) is 13.0. The molecular formula is C26H29N5O4. The first-order chi connectivity index (χ1) is 16.6. The summed E-state index contributed by atoms with van der Waals surface area (Å²) in [5.41, 5.74) is 3.11. The second kappa shape index (κ2) is 9.61. The number of carbonyl (C=O) groups excluding carboxylic acids is 2. The quantitative estimate of drug-likeness (QED) is 0.583. The average Bonchev–Trinajstić information content (AvgIpc) is 2.82. The molecule has 0 saturated heterocycles. The maximum absolute atomic E-state index is 12.7. The van der Waals surface area contributed by atoms with Crippen LogP contribution in [0.1, 0.15) is 31.1 Å². The smallest absolute Gasteiger partial charge is 0.415 e. The van der Waals surface area contributed by atoms with Crippen molar-refractivity contribution in [1.82, 2.24) is 14.9 Å². The lowest BCUT2D eigenvalue weighted by Crippen LogP contribution is -2.41. The van der Waals surface area contributed by atoms with E-state index in [1.54, 1.807) is 49.6 Å². The predicted octanol–water partition coefficient (Wildman–Crippen LogP) is 4.72. The highest BCUT2D eigenvalue weighted by Gasteiger charge is 2.29. The monoisotopic (exact) mass is 475 g/mol. The van der Waals surface area contributed by atoms with E-state index in [0.29, 0.717) is 41.8 Å². The topological polar surface area (TPSA) is 96.9 Å². The van der Waals surface area contributed by atoms with E-state index in [0.717, 1.165) is 11.1 Å². The van der Waals surface area contributed by atoms with Gasteiger partial charge in [-0.1, -0.05) is 12.1 Å². The van der Waals surface area contributed by atoms with Gasteiger partial charge in [0.05, 0.1) is 18.4 Å². The number of rotatable bonds is 4. The van der Waals surface area contributed by atoms with Crippen molar-refractivity contribution in [3.63, 3.8) is 0 Å². The van der Waals surface area contributed by atoms with Gasteiger partial charge in [-0.3, -0.25) is 9.69 Å². The fraction of sp³-hybridized carbons (Fsp3) is 0.308. The van der Waals surface area contributed by atoms with E-state index in [4.69, 9.17) is 9.47 Å². The summed E-state index contributed by atoms with van der Waals surface area (Å²) < 4.78 is 11.1. The van der Waals surface area contributed by atoms with Crippen LogP contribution in [0.2, 0.25) is 0 Å². The fourth-order valence-corrected chi connectivity index (χ4v) is 3.52. The van der Waals surface area contributed by atoms with Crippen LogP contribution >= 0.6 is 0 Å². The lowest BCUT2D eigenvalue weighted by Gasteiger charge is -2.31. The largest absolute Gasteiger partial charge is 0.474 e. The zero-order chi connectivity index (χ0) is 25.2. The Hall–Kier alpha value is -4.14. The Morgan fingerprint density at radius 3 is 2.37 bits per heavy atom. The van der Waals surface area contributed by atoms with Crippen molar-refractivity contribution in [2.45, 2.75) is 26.4 Å². The van der Waals surface area contributed by atoms with Crippen LogP contribution in [0, 0.1) is 0 Å². The Morgan fingerprint density at radius 2 is 1.74 bits per heavy atom. The van der Waals surface area contributed by atoms with E-state index in [1.807, 2.05) is 45.0 Å². The van der Waals surface area contributed by atoms with Gasteiger partial charge in [0, 0.05) is 31.4 Å². The number of amides is 2. The molecule has 182 valence electrons. The average molecular weight is 476 g/mol. The Kier molecular flexibility index (Phi) is 6.59. The van der Waals surface area contributed by atoms with E-state index in [1.165, 1.54) is 4.90 Å². The third-order valence-corrected chi connectivity index (χ3v) is 5.20. The number of pyridine rings is 2. The van der Waals surface area contributed by atoms with Gasteiger partial charge in [-0.25, -0.2) is 14.8 Å². The van der Waals surface area contributed by atoms with E-state index >= 15 is 0 Å². The molecule has 1 aromatic carbocycles. The van der Waals surface area contributed by atoms with Crippen LogP contribution in [0.3, 0.4) is 0 Å². The van der Waals surface area contributed by atoms with Crippen molar-refractivity contribution in [2.24, 2.45) is 0 Å². The minimum atomic E-state index is -0.604. The van der Waals surface area contributed by atoms with Gasteiger partial charge >= 0.3 is 6.09 Å². The lowest BCUT2D eigenvalue weighted by atomic mass is 10.1. The summed E-state index contributed by atoms with van der Waals surface area (Å²) in [6.45, 7) is 6.21. The third kappa shape index (κ3) is 5.68. The van der Waals surface area contributed by atoms with Crippen LogP contribution in [0.25, 0.3) is 11.1 Å². The predicted molar refractivity (Wildman–Crippen MR) is 134 cm³/mol. The molecule has 0 fully saturated rings. The van der Waals surface area contributed by atoms with Gasteiger partial charge in [-0.15, -0.1) is 0 Å². The Bertz CT molecular complexity index is 1220. The standard InChI is InChI=1S/C26H29N5O4/c1-26(2,3)35-25(33)31-12-13-34-23-21(31)14-20(16-28-23)29-22-11-10-19(15-27-22)17-6-8-18(9-7-17)24(32)30(4)5/h6-11,14-16H,12-13H2,1-5H3,(H,27,29). The van der Waals surface area contributed by atoms with E-state index in [2.05, 4.69) is 15.3 Å². The first-order valence-corrected chi connectivity index (χ1v) is 11.3. The number of aromatic nitrogens is 2. The molecule has 1 aliphatic heterocycles. The number of fused-ring (bicyclic) bond motifs is 1. The minimum absolute atomic E-state index is 0.0384. The normalized spacial score (nSPS) is 12.9. The van der Waals surface area contributed by atoms with Crippen LogP contribution < -0.4 is 15.0 Å². The summed E-state index contributed by atoms with van der Waals surface area (Å²) in [5.74, 6) is 0.964. The lowest BCUT2D eigenvalue weighted by molar-refractivity contribution is 0.0566. The molecule has 0 saturated carbocycles. The molecule has 9 heteroatoms. The molecule has 0 spiro atoms. The van der Waals surface area contributed by atoms with Gasteiger partial charge < -0.3 is 19.7 Å². The van der Waals surface area contributed by atoms with Gasteiger partial charge in [-0.05, 0) is 56.7 Å².